The van der Waals surface area contributed by atoms with Crippen molar-refractivity contribution in [3.05, 3.63) is 86.7 Å². The van der Waals surface area contributed by atoms with Gasteiger partial charge >= 0.3 is 11.4 Å². The molecule has 4 aromatic heterocycles. The Hall–Kier alpha value is -6.87. The highest BCUT2D eigenvalue weighted by Crippen LogP contribution is 2.40. The molecule has 10 heterocycles. The molecule has 12 rings (SSSR count). The largest absolute Gasteiger partial charge is 0.486 e. The Bertz CT molecular complexity index is 3220. The first-order valence-electron chi connectivity index (χ1n) is 26.9. The van der Waals surface area contributed by atoms with E-state index in [9.17, 15) is 18.4 Å². The van der Waals surface area contributed by atoms with Crippen LogP contribution in [-0.4, -0.2) is 156 Å². The highest BCUT2D eigenvalue weighted by molar-refractivity contribution is 6.28. The molecule has 0 spiro atoms. The van der Waals surface area contributed by atoms with E-state index in [1.54, 1.807) is 36.4 Å². The topological polar surface area (TPSA) is 262 Å². The summed E-state index contributed by atoms with van der Waals surface area (Å²) < 4.78 is 55.8. The molecule has 0 aliphatic carbocycles. The molecule has 6 aliphatic heterocycles. The summed E-state index contributed by atoms with van der Waals surface area (Å²) >= 11 is 5.74. The minimum Gasteiger partial charge on any atom is -0.486 e. The highest BCUT2D eigenvalue weighted by atomic mass is 35.5. The zero-order valence-corrected chi connectivity index (χ0v) is 46.1. The molecule has 5 N–H and O–H groups in total. The van der Waals surface area contributed by atoms with E-state index >= 15 is 0 Å². The number of aromatic nitrogens is 12. The van der Waals surface area contributed by atoms with Gasteiger partial charge < -0.3 is 40.6 Å². The van der Waals surface area contributed by atoms with Crippen molar-refractivity contribution < 1.29 is 27.7 Å². The van der Waals surface area contributed by atoms with Crippen molar-refractivity contribution in [1.82, 2.24) is 69.3 Å². The number of nitrogens with one attached hydrogen (secondary N) is 3. The van der Waals surface area contributed by atoms with Gasteiger partial charge in [0.1, 0.15) is 35.1 Å². The predicted octanol–water partition coefficient (Wildman–Crippen LogP) is 5.43. The van der Waals surface area contributed by atoms with Gasteiger partial charge in [-0.05, 0) is 161 Å². The third kappa shape index (κ3) is 12.8. The van der Waals surface area contributed by atoms with E-state index in [0.717, 1.165) is 60.6 Å². The number of hydrogen-bond donors (Lipinski definition) is 4. The predicted molar refractivity (Wildman–Crippen MR) is 290 cm³/mol. The van der Waals surface area contributed by atoms with Gasteiger partial charge in [-0.1, -0.05) is 0 Å². The van der Waals surface area contributed by atoms with Crippen LogP contribution < -0.4 is 42.5 Å². The lowest BCUT2D eigenvalue weighted by atomic mass is 9.84. The van der Waals surface area contributed by atoms with Gasteiger partial charge in [-0.2, -0.15) is 28.7 Å². The SMILES string of the molecule is CC1(C)CC(Nc2nc(Cl)ncc2F)CC2CCCN21.Cn1nnn(-c2cc(N)ccc2O[C@@H]2CCOC2)c1=O.Cn1nnn(-c2cc(Nc3ncc(F)c(NC4CC5CCCN5C(C)(C)C4)n3)ccc2O[C@@H]2CCOC2)c1=O. The Labute approximate surface area is 460 Å². The van der Waals surface area contributed by atoms with Crippen LogP contribution in [0.1, 0.15) is 91.9 Å². The number of aryl methyl sites for hydroxylation is 2. The third-order valence-electron chi connectivity index (χ3n) is 15.5. The van der Waals surface area contributed by atoms with E-state index in [2.05, 4.69) is 94.2 Å². The number of benzene rings is 2. The van der Waals surface area contributed by atoms with Gasteiger partial charge in [-0.3, -0.25) is 9.80 Å². The molecule has 0 bridgehead atoms. The normalized spacial score (nSPS) is 24.1. The second-order valence-corrected chi connectivity index (χ2v) is 22.6. The van der Waals surface area contributed by atoms with Crippen molar-refractivity contribution in [2.45, 2.75) is 139 Å². The minimum atomic E-state index is -0.499. The molecular weight excluding hydrogens is 1050 g/mol. The fourth-order valence-electron chi connectivity index (χ4n) is 11.9. The monoisotopic (exact) mass is 1110 g/mol. The van der Waals surface area contributed by atoms with Crippen molar-refractivity contribution >= 4 is 40.6 Å². The van der Waals surface area contributed by atoms with E-state index < -0.39 is 17.3 Å². The van der Waals surface area contributed by atoms with Crippen LogP contribution in [0.25, 0.3) is 11.4 Å². The van der Waals surface area contributed by atoms with E-state index in [-0.39, 0.29) is 63.9 Å². The Morgan fingerprint density at radius 1 is 0.684 bits per heavy atom. The summed E-state index contributed by atoms with van der Waals surface area (Å²) in [7, 11) is 3.06. The van der Waals surface area contributed by atoms with Crippen LogP contribution in [0.3, 0.4) is 0 Å². The summed E-state index contributed by atoms with van der Waals surface area (Å²) in [5.74, 6) is 0.692. The number of nitrogens with two attached hydrogens (primary N) is 1. The summed E-state index contributed by atoms with van der Waals surface area (Å²) in [6, 6.07) is 11.8. The molecule has 424 valence electrons. The van der Waals surface area contributed by atoms with Crippen molar-refractivity contribution in [2.75, 3.05) is 61.2 Å². The number of fused-ring (bicyclic) bond motifs is 2. The van der Waals surface area contributed by atoms with Crippen molar-refractivity contribution in [1.29, 1.82) is 0 Å². The molecule has 24 nitrogen and oxygen atoms in total. The number of anilines is 5. The molecule has 6 aliphatic rings. The number of halogens is 3. The van der Waals surface area contributed by atoms with Crippen molar-refractivity contribution in [3.63, 3.8) is 0 Å². The first-order valence-corrected chi connectivity index (χ1v) is 27.3. The van der Waals surface area contributed by atoms with Crippen LogP contribution in [0.5, 0.6) is 11.5 Å². The van der Waals surface area contributed by atoms with Gasteiger partial charge in [0.2, 0.25) is 11.2 Å². The van der Waals surface area contributed by atoms with Gasteiger partial charge in [0.15, 0.2) is 23.3 Å². The Balaban J connectivity index is 0.000000148. The molecule has 0 amide bonds. The molecule has 4 unspecified atom stereocenters. The van der Waals surface area contributed by atoms with E-state index in [4.69, 9.17) is 36.3 Å². The highest BCUT2D eigenvalue weighted by Gasteiger charge is 2.44. The molecular formula is C52H69ClF2N18O6. The maximum atomic E-state index is 14.8. The van der Waals surface area contributed by atoms with Gasteiger partial charge in [0.05, 0.1) is 38.8 Å². The zero-order chi connectivity index (χ0) is 55.6. The van der Waals surface area contributed by atoms with Gasteiger partial charge in [0, 0.05) is 73.6 Å². The Kier molecular flexibility index (Phi) is 16.5. The van der Waals surface area contributed by atoms with E-state index in [1.807, 2.05) is 0 Å². The first kappa shape index (κ1) is 55.4. The van der Waals surface area contributed by atoms with Gasteiger partial charge in [-0.15, -0.1) is 0 Å². The second-order valence-electron chi connectivity index (χ2n) is 22.2. The van der Waals surface area contributed by atoms with Crippen LogP contribution >= 0.6 is 11.6 Å². The molecule has 27 heteroatoms. The fraction of sp³-hybridized carbons (Fsp3) is 0.577. The number of nitrogen functional groups attached to an aromatic ring is 1. The van der Waals surface area contributed by atoms with E-state index in [1.165, 1.54) is 61.9 Å². The maximum absolute atomic E-state index is 14.8. The second kappa shape index (κ2) is 23.5. The summed E-state index contributed by atoms with van der Waals surface area (Å²) in [5, 5.41) is 25.1. The smallest absolute Gasteiger partial charge is 0.368 e. The zero-order valence-electron chi connectivity index (χ0n) is 45.3. The molecule has 0 radical (unpaired) electrons. The number of ether oxygens (including phenoxy) is 4. The molecule has 2 aromatic carbocycles. The van der Waals surface area contributed by atoms with Crippen molar-refractivity contribution in [3.8, 4) is 22.9 Å². The van der Waals surface area contributed by atoms with Gasteiger partial charge in [0.25, 0.3) is 0 Å². The third-order valence-corrected chi connectivity index (χ3v) is 15.7. The summed E-state index contributed by atoms with van der Waals surface area (Å²) in [4.78, 5) is 46.0. The quantitative estimate of drug-likeness (QED) is 0.0880. The lowest BCUT2D eigenvalue weighted by molar-refractivity contribution is 0.0498. The number of nitrogens with zero attached hydrogens (tertiary/aromatic N) is 14. The average molecular weight is 1120 g/mol. The van der Waals surface area contributed by atoms with Crippen LogP contribution in [0.4, 0.5) is 37.7 Å². The summed E-state index contributed by atoms with van der Waals surface area (Å²) in [5.41, 5.74) is 7.19. The number of tetrazole rings is 2. The average Bonchev–Trinajstić information content (AvgIpc) is 4.35. The summed E-state index contributed by atoms with van der Waals surface area (Å²) in [6.07, 6.45) is 12.5. The molecule has 6 saturated heterocycles. The van der Waals surface area contributed by atoms with Crippen molar-refractivity contribution in [2.24, 2.45) is 14.1 Å². The number of rotatable bonds is 12. The lowest BCUT2D eigenvalue weighted by Gasteiger charge is -2.47. The van der Waals surface area contributed by atoms with Crippen LogP contribution in [0.15, 0.2) is 58.4 Å². The maximum Gasteiger partial charge on any atom is 0.368 e. The fourth-order valence-corrected chi connectivity index (χ4v) is 12.0. The molecule has 6 aromatic rings. The Morgan fingerprint density at radius 2 is 1.19 bits per heavy atom. The van der Waals surface area contributed by atoms with Crippen LogP contribution in [0, 0.1) is 11.6 Å². The number of piperidine rings is 2. The molecule has 79 heavy (non-hydrogen) atoms. The Morgan fingerprint density at radius 3 is 1.70 bits per heavy atom. The standard InChI is InChI=1S/C26H34FN9O3.C14H20ClFN4.C12H15N5O3/c1-26(2)13-17(11-18-5-4-9-35(18)26)29-23-20(27)14-28-24(31-23)30-16-6-7-22(39-19-8-10-38-15-19)21(12-16)36-25(37)34(3)32-33-36;1-14(2)7-9(6-10-4-3-5-20(10)14)18-12-11(16)8-17-13(15)19-12;1-16-12(18)17(15-14-16)10-6-8(13)2-3-11(10)20-9-4-5-19-7-9/h6-7,12,14,17-19H,4-5,8-11,13,15H2,1-3H3,(H2,28,29,30,31);8-10H,3-7H2,1-2H3,(H,17,18,19);2-3,6,9H,4-5,7,13H2,1H3/t17?,18?,19-;;9-/m1.1/s1. The minimum absolute atomic E-state index is 0.0234. The number of hydrogen-bond acceptors (Lipinski definition) is 20. The van der Waals surface area contributed by atoms with E-state index in [0.29, 0.717) is 72.8 Å². The molecule has 0 saturated carbocycles. The molecule has 6 fully saturated rings. The van der Waals surface area contributed by atoms with Gasteiger partial charge in [-0.25, -0.2) is 28.3 Å². The summed E-state index contributed by atoms with van der Waals surface area (Å²) in [6.45, 7) is 13.7. The van der Waals surface area contributed by atoms with Crippen LogP contribution in [0.2, 0.25) is 5.28 Å². The van der Waals surface area contributed by atoms with Crippen LogP contribution in [-0.2, 0) is 23.6 Å². The first-order chi connectivity index (χ1) is 37.9. The molecule has 6 atom stereocenters. The lowest BCUT2D eigenvalue weighted by Crippen LogP contribution is -2.55.